The number of hydrogen-bond donors (Lipinski definition) is 1. The zero-order chi connectivity index (χ0) is 12.1. The van der Waals surface area contributed by atoms with Gasteiger partial charge in [-0.25, -0.2) is 0 Å². The fourth-order valence-electron chi connectivity index (χ4n) is 2.42. The summed E-state index contributed by atoms with van der Waals surface area (Å²) in [6.07, 6.45) is 4.45. The van der Waals surface area contributed by atoms with Gasteiger partial charge < -0.3 is 10.5 Å². The van der Waals surface area contributed by atoms with E-state index in [2.05, 4.69) is 40.2 Å². The molecule has 0 radical (unpaired) electrons. The highest BCUT2D eigenvalue weighted by Gasteiger charge is 2.17. The molecule has 0 bridgehead atoms. The molecule has 2 nitrogen and oxygen atoms in total. The van der Waals surface area contributed by atoms with Gasteiger partial charge in [0.25, 0.3) is 0 Å². The summed E-state index contributed by atoms with van der Waals surface area (Å²) in [6, 6.07) is 8.73. The third kappa shape index (κ3) is 4.41. The van der Waals surface area contributed by atoms with E-state index in [9.17, 15) is 0 Å². The minimum Gasteiger partial charge on any atom is -0.381 e. The molecule has 94 valence electrons. The fraction of sp³-hybridized carbons (Fsp3) is 0.571. The Labute approximate surface area is 112 Å². The summed E-state index contributed by atoms with van der Waals surface area (Å²) >= 11 is 3.45. The van der Waals surface area contributed by atoms with Crippen LogP contribution in [0.3, 0.4) is 0 Å². The van der Waals surface area contributed by atoms with Crippen molar-refractivity contribution in [3.05, 3.63) is 34.3 Å². The number of ether oxygens (including phenoxy) is 1. The third-order valence-corrected chi connectivity index (χ3v) is 3.92. The van der Waals surface area contributed by atoms with Gasteiger partial charge in [0.2, 0.25) is 0 Å². The second-order valence-corrected chi connectivity index (χ2v) is 5.80. The van der Waals surface area contributed by atoms with Gasteiger partial charge in [-0.15, -0.1) is 0 Å². The summed E-state index contributed by atoms with van der Waals surface area (Å²) < 4.78 is 6.49. The number of halogens is 1. The Morgan fingerprint density at radius 1 is 1.24 bits per heavy atom. The molecule has 1 aliphatic heterocycles. The number of rotatable bonds is 4. The van der Waals surface area contributed by atoms with E-state index >= 15 is 0 Å². The molecule has 1 aliphatic rings. The topological polar surface area (TPSA) is 35.2 Å². The van der Waals surface area contributed by atoms with Gasteiger partial charge in [0, 0.05) is 23.7 Å². The van der Waals surface area contributed by atoms with E-state index in [1.54, 1.807) is 0 Å². The van der Waals surface area contributed by atoms with E-state index in [4.69, 9.17) is 10.5 Å². The van der Waals surface area contributed by atoms with Gasteiger partial charge in [0.05, 0.1) is 0 Å². The molecular weight excluding hydrogens is 278 g/mol. The average Bonchev–Trinajstić information content (AvgIpc) is 2.33. The monoisotopic (exact) mass is 297 g/mol. The maximum atomic E-state index is 6.22. The molecule has 0 aromatic heterocycles. The van der Waals surface area contributed by atoms with Crippen LogP contribution >= 0.6 is 15.9 Å². The SMILES string of the molecule is NC(Cc1ccc(Br)cc1)CC1CCOCC1. The first kappa shape index (κ1) is 13.1. The molecular formula is C14H20BrNO. The minimum absolute atomic E-state index is 0.277. The maximum Gasteiger partial charge on any atom is 0.0468 e. The highest BCUT2D eigenvalue weighted by molar-refractivity contribution is 9.10. The van der Waals surface area contributed by atoms with Gasteiger partial charge in [0.15, 0.2) is 0 Å². The Morgan fingerprint density at radius 2 is 1.88 bits per heavy atom. The van der Waals surface area contributed by atoms with Crippen molar-refractivity contribution in [2.45, 2.75) is 31.7 Å². The first-order valence-electron chi connectivity index (χ1n) is 6.32. The van der Waals surface area contributed by atoms with Crippen molar-refractivity contribution < 1.29 is 4.74 Å². The Hall–Kier alpha value is -0.380. The molecule has 1 unspecified atom stereocenters. The van der Waals surface area contributed by atoms with Gasteiger partial charge in [-0.3, -0.25) is 0 Å². The highest BCUT2D eigenvalue weighted by atomic mass is 79.9. The zero-order valence-electron chi connectivity index (χ0n) is 10.1. The molecule has 0 saturated carbocycles. The van der Waals surface area contributed by atoms with Crippen molar-refractivity contribution in [2.24, 2.45) is 11.7 Å². The Morgan fingerprint density at radius 3 is 2.53 bits per heavy atom. The molecule has 2 rings (SSSR count). The molecule has 17 heavy (non-hydrogen) atoms. The first-order valence-corrected chi connectivity index (χ1v) is 7.11. The largest absolute Gasteiger partial charge is 0.381 e. The normalized spacial score (nSPS) is 19.2. The molecule has 0 aliphatic carbocycles. The van der Waals surface area contributed by atoms with Gasteiger partial charge in [-0.2, -0.15) is 0 Å². The molecule has 3 heteroatoms. The third-order valence-electron chi connectivity index (χ3n) is 3.39. The van der Waals surface area contributed by atoms with Crippen LogP contribution in [0.2, 0.25) is 0 Å². The zero-order valence-corrected chi connectivity index (χ0v) is 11.7. The lowest BCUT2D eigenvalue weighted by Gasteiger charge is -2.24. The summed E-state index contributed by atoms with van der Waals surface area (Å²) in [5.74, 6) is 0.759. The van der Waals surface area contributed by atoms with E-state index in [-0.39, 0.29) is 6.04 Å². The average molecular weight is 298 g/mol. The van der Waals surface area contributed by atoms with Crippen LogP contribution in [-0.4, -0.2) is 19.3 Å². The van der Waals surface area contributed by atoms with Crippen molar-refractivity contribution in [1.82, 2.24) is 0 Å². The molecule has 0 spiro atoms. The number of benzene rings is 1. The minimum atomic E-state index is 0.277. The smallest absolute Gasteiger partial charge is 0.0468 e. The molecule has 1 fully saturated rings. The van der Waals surface area contributed by atoms with Gasteiger partial charge in [-0.05, 0) is 49.3 Å². The van der Waals surface area contributed by atoms with Crippen LogP contribution in [0.4, 0.5) is 0 Å². The first-order chi connectivity index (χ1) is 8.24. The van der Waals surface area contributed by atoms with E-state index in [1.807, 2.05) is 0 Å². The Kier molecular flexibility index (Phi) is 5.01. The molecule has 2 N–H and O–H groups in total. The van der Waals surface area contributed by atoms with Crippen molar-refractivity contribution in [3.8, 4) is 0 Å². The molecule has 1 aromatic carbocycles. The van der Waals surface area contributed by atoms with Crippen molar-refractivity contribution in [2.75, 3.05) is 13.2 Å². The summed E-state index contributed by atoms with van der Waals surface area (Å²) in [5, 5.41) is 0. The predicted octanol–water partition coefficient (Wildman–Crippen LogP) is 3.14. The Bertz CT molecular complexity index is 333. The molecule has 1 heterocycles. The lowest BCUT2D eigenvalue weighted by molar-refractivity contribution is 0.0619. The summed E-state index contributed by atoms with van der Waals surface area (Å²) in [6.45, 7) is 1.82. The maximum absolute atomic E-state index is 6.22. The van der Waals surface area contributed by atoms with E-state index < -0.39 is 0 Å². The highest BCUT2D eigenvalue weighted by Crippen LogP contribution is 2.21. The lowest BCUT2D eigenvalue weighted by atomic mass is 9.90. The second kappa shape index (κ2) is 6.53. The second-order valence-electron chi connectivity index (χ2n) is 4.88. The van der Waals surface area contributed by atoms with Gasteiger partial charge in [-0.1, -0.05) is 28.1 Å². The molecule has 1 saturated heterocycles. The molecule has 1 aromatic rings. The van der Waals surface area contributed by atoms with E-state index in [0.29, 0.717) is 0 Å². The quantitative estimate of drug-likeness (QED) is 0.927. The number of hydrogen-bond acceptors (Lipinski definition) is 2. The lowest BCUT2D eigenvalue weighted by Crippen LogP contribution is -2.28. The molecule has 1 atom stereocenters. The Balaban J connectivity index is 1.79. The molecule has 0 amide bonds. The number of nitrogens with two attached hydrogens (primary N) is 1. The van der Waals surface area contributed by atoms with Crippen LogP contribution in [0.15, 0.2) is 28.7 Å². The van der Waals surface area contributed by atoms with Gasteiger partial charge in [0.1, 0.15) is 0 Å². The summed E-state index contributed by atoms with van der Waals surface area (Å²) in [4.78, 5) is 0. The predicted molar refractivity (Wildman–Crippen MR) is 74.0 cm³/mol. The van der Waals surface area contributed by atoms with Crippen LogP contribution in [0.5, 0.6) is 0 Å². The van der Waals surface area contributed by atoms with Crippen LogP contribution in [-0.2, 0) is 11.2 Å². The van der Waals surface area contributed by atoms with Crippen LogP contribution in [0.25, 0.3) is 0 Å². The van der Waals surface area contributed by atoms with Crippen molar-refractivity contribution in [3.63, 3.8) is 0 Å². The van der Waals surface area contributed by atoms with Crippen LogP contribution in [0, 0.1) is 5.92 Å². The van der Waals surface area contributed by atoms with Crippen LogP contribution < -0.4 is 5.73 Å². The fourth-order valence-corrected chi connectivity index (χ4v) is 2.68. The van der Waals surface area contributed by atoms with E-state index in [0.717, 1.165) is 36.4 Å². The summed E-state index contributed by atoms with van der Waals surface area (Å²) in [7, 11) is 0. The van der Waals surface area contributed by atoms with Crippen LogP contribution in [0.1, 0.15) is 24.8 Å². The van der Waals surface area contributed by atoms with E-state index in [1.165, 1.54) is 18.4 Å². The van der Waals surface area contributed by atoms with Gasteiger partial charge >= 0.3 is 0 Å². The summed E-state index contributed by atoms with van der Waals surface area (Å²) in [5.41, 5.74) is 7.55. The standard InChI is InChI=1S/C14H20BrNO/c15-13-3-1-11(2-4-13)9-14(16)10-12-5-7-17-8-6-12/h1-4,12,14H,5-10,16H2. The van der Waals surface area contributed by atoms with Crippen molar-refractivity contribution >= 4 is 15.9 Å². The van der Waals surface area contributed by atoms with Crippen molar-refractivity contribution in [1.29, 1.82) is 0 Å².